The molecule has 116 valence electrons. The van der Waals surface area contributed by atoms with E-state index in [1.165, 1.54) is 0 Å². The van der Waals surface area contributed by atoms with Gasteiger partial charge >= 0.3 is 0 Å². The number of nitrogens with zero attached hydrogens (tertiary/aromatic N) is 3. The normalized spacial score (nSPS) is 10.5. The highest BCUT2D eigenvalue weighted by molar-refractivity contribution is 9.10. The Morgan fingerprint density at radius 1 is 1.26 bits per heavy atom. The quantitative estimate of drug-likeness (QED) is 0.767. The van der Waals surface area contributed by atoms with E-state index in [0.717, 1.165) is 21.3 Å². The molecule has 1 N–H and O–H groups in total. The Balaban J connectivity index is 1.72. The largest absolute Gasteiger partial charge is 0.348 e. The van der Waals surface area contributed by atoms with Crippen LogP contribution < -0.4 is 5.32 Å². The fraction of sp³-hybridized carbons (Fsp3) is 0.118. The van der Waals surface area contributed by atoms with Gasteiger partial charge in [0, 0.05) is 47.8 Å². The fourth-order valence-corrected chi connectivity index (χ4v) is 2.69. The average Bonchev–Trinajstić information content (AvgIpc) is 2.99. The second kappa shape index (κ2) is 6.75. The van der Waals surface area contributed by atoms with Crippen molar-refractivity contribution in [2.45, 2.75) is 6.54 Å². The molecule has 0 aliphatic heterocycles. The third-order valence-electron chi connectivity index (χ3n) is 3.45. The molecule has 0 radical (unpaired) electrons. The minimum Gasteiger partial charge on any atom is -0.348 e. The van der Waals surface area contributed by atoms with E-state index in [1.54, 1.807) is 35.4 Å². The molecule has 5 nitrogen and oxygen atoms in total. The maximum atomic E-state index is 12.2. The van der Waals surface area contributed by atoms with Gasteiger partial charge < -0.3 is 5.32 Å². The highest BCUT2D eigenvalue weighted by atomic mass is 79.9. The first-order valence-corrected chi connectivity index (χ1v) is 7.89. The van der Waals surface area contributed by atoms with Crippen molar-refractivity contribution in [2.75, 3.05) is 0 Å². The summed E-state index contributed by atoms with van der Waals surface area (Å²) in [6.45, 7) is 0.421. The lowest BCUT2D eigenvalue weighted by Crippen LogP contribution is -2.22. The number of carbonyl (C=O) groups excluding carboxylic acids is 1. The first-order valence-electron chi connectivity index (χ1n) is 7.09. The Kier molecular flexibility index (Phi) is 4.52. The molecule has 0 fully saturated rings. The second-order valence-electron chi connectivity index (χ2n) is 5.11. The summed E-state index contributed by atoms with van der Waals surface area (Å²) in [4.78, 5) is 16.4. The van der Waals surface area contributed by atoms with Crippen molar-refractivity contribution in [1.82, 2.24) is 20.1 Å². The van der Waals surface area contributed by atoms with Gasteiger partial charge in [0.2, 0.25) is 0 Å². The number of aromatic nitrogens is 3. The summed E-state index contributed by atoms with van der Waals surface area (Å²) in [6.07, 6.45) is 5.29. The van der Waals surface area contributed by atoms with Gasteiger partial charge in [0.25, 0.3) is 5.91 Å². The van der Waals surface area contributed by atoms with Crippen LogP contribution in [0.15, 0.2) is 59.5 Å². The number of aryl methyl sites for hydroxylation is 1. The molecule has 0 spiro atoms. The Bertz CT molecular complexity index is 844. The summed E-state index contributed by atoms with van der Waals surface area (Å²) in [5.41, 5.74) is 3.51. The zero-order chi connectivity index (χ0) is 16.2. The molecule has 3 rings (SSSR count). The van der Waals surface area contributed by atoms with E-state index in [-0.39, 0.29) is 5.91 Å². The Labute approximate surface area is 142 Å². The Morgan fingerprint density at radius 3 is 2.87 bits per heavy atom. The van der Waals surface area contributed by atoms with E-state index in [0.29, 0.717) is 12.1 Å². The lowest BCUT2D eigenvalue weighted by molar-refractivity contribution is 0.0951. The first-order chi connectivity index (χ1) is 11.1. The number of rotatable bonds is 4. The fourth-order valence-electron chi connectivity index (χ4n) is 2.30. The van der Waals surface area contributed by atoms with Gasteiger partial charge in [0.05, 0.1) is 5.69 Å². The minimum absolute atomic E-state index is 0.114. The van der Waals surface area contributed by atoms with E-state index in [9.17, 15) is 4.79 Å². The molecule has 0 saturated carbocycles. The number of hydrogen-bond acceptors (Lipinski definition) is 3. The predicted molar refractivity (Wildman–Crippen MR) is 91.8 cm³/mol. The Morgan fingerprint density at radius 2 is 2.13 bits per heavy atom. The molecule has 0 saturated heterocycles. The van der Waals surface area contributed by atoms with Crippen molar-refractivity contribution in [3.8, 4) is 11.3 Å². The Hall–Kier alpha value is -2.47. The van der Waals surface area contributed by atoms with E-state index in [4.69, 9.17) is 0 Å². The van der Waals surface area contributed by atoms with Crippen LogP contribution in [0.3, 0.4) is 0 Å². The van der Waals surface area contributed by atoms with Crippen LogP contribution in [0.25, 0.3) is 11.3 Å². The molecule has 6 heteroatoms. The topological polar surface area (TPSA) is 59.8 Å². The van der Waals surface area contributed by atoms with Crippen molar-refractivity contribution in [3.05, 3.63) is 70.6 Å². The molecule has 23 heavy (non-hydrogen) atoms. The van der Waals surface area contributed by atoms with Gasteiger partial charge in [-0.25, -0.2) is 0 Å². The predicted octanol–water partition coefficient (Wildman–Crippen LogP) is 3.17. The van der Waals surface area contributed by atoms with Gasteiger partial charge in [0.1, 0.15) is 0 Å². The lowest BCUT2D eigenvalue weighted by atomic mass is 10.1. The van der Waals surface area contributed by atoms with Gasteiger partial charge in [-0.1, -0.05) is 22.0 Å². The highest BCUT2D eigenvalue weighted by Gasteiger charge is 2.07. The molecule has 1 amide bonds. The molecule has 2 heterocycles. The monoisotopic (exact) mass is 370 g/mol. The van der Waals surface area contributed by atoms with Crippen molar-refractivity contribution >= 4 is 21.8 Å². The number of amides is 1. The molecule has 0 unspecified atom stereocenters. The standard InChI is InChI=1S/C17H15BrN4O/c1-22-16(5-6-21-22)14-7-12(9-19-11-14)10-20-17(23)13-3-2-4-15(18)8-13/h2-9,11H,10H2,1H3,(H,20,23). The van der Waals surface area contributed by atoms with Crippen molar-refractivity contribution in [3.63, 3.8) is 0 Å². The van der Waals surface area contributed by atoms with Gasteiger partial charge in [-0.2, -0.15) is 5.10 Å². The van der Waals surface area contributed by atoms with E-state index in [1.807, 2.05) is 31.3 Å². The maximum Gasteiger partial charge on any atom is 0.251 e. The van der Waals surface area contributed by atoms with Gasteiger partial charge in [-0.3, -0.25) is 14.5 Å². The third-order valence-corrected chi connectivity index (χ3v) is 3.94. The molecular formula is C17H15BrN4O. The van der Waals surface area contributed by atoms with Crippen LogP contribution in [0.4, 0.5) is 0 Å². The number of pyridine rings is 1. The minimum atomic E-state index is -0.114. The third kappa shape index (κ3) is 3.65. The molecule has 0 bridgehead atoms. The van der Waals surface area contributed by atoms with Gasteiger partial charge in [-0.15, -0.1) is 0 Å². The van der Waals surface area contributed by atoms with Crippen molar-refractivity contribution < 1.29 is 4.79 Å². The van der Waals surface area contributed by atoms with Crippen LogP contribution in [0.5, 0.6) is 0 Å². The van der Waals surface area contributed by atoms with E-state index < -0.39 is 0 Å². The number of benzene rings is 1. The average molecular weight is 371 g/mol. The molecule has 1 aromatic carbocycles. The summed E-state index contributed by atoms with van der Waals surface area (Å²) in [5, 5.41) is 7.07. The van der Waals surface area contributed by atoms with E-state index in [2.05, 4.69) is 31.3 Å². The molecule has 3 aromatic rings. The summed E-state index contributed by atoms with van der Waals surface area (Å²) in [6, 6.07) is 11.2. The highest BCUT2D eigenvalue weighted by Crippen LogP contribution is 2.18. The summed E-state index contributed by atoms with van der Waals surface area (Å²) in [7, 11) is 1.89. The van der Waals surface area contributed by atoms with Crippen LogP contribution in [-0.2, 0) is 13.6 Å². The van der Waals surface area contributed by atoms with Crippen LogP contribution in [0, 0.1) is 0 Å². The lowest BCUT2D eigenvalue weighted by Gasteiger charge is -2.07. The summed E-state index contributed by atoms with van der Waals surface area (Å²) in [5.74, 6) is -0.114. The van der Waals surface area contributed by atoms with Crippen molar-refractivity contribution in [2.24, 2.45) is 7.05 Å². The van der Waals surface area contributed by atoms with Crippen LogP contribution in [0.1, 0.15) is 15.9 Å². The second-order valence-corrected chi connectivity index (χ2v) is 6.03. The van der Waals surface area contributed by atoms with Gasteiger partial charge in [-0.05, 0) is 35.9 Å². The van der Waals surface area contributed by atoms with Gasteiger partial charge in [0.15, 0.2) is 0 Å². The zero-order valence-corrected chi connectivity index (χ0v) is 14.1. The SMILES string of the molecule is Cn1nccc1-c1cncc(CNC(=O)c2cccc(Br)c2)c1. The smallest absolute Gasteiger partial charge is 0.251 e. The summed E-state index contributed by atoms with van der Waals surface area (Å²) < 4.78 is 2.67. The molecule has 2 aromatic heterocycles. The molecule has 0 aliphatic rings. The zero-order valence-electron chi connectivity index (χ0n) is 12.5. The first kappa shape index (κ1) is 15.4. The maximum absolute atomic E-state index is 12.2. The summed E-state index contributed by atoms with van der Waals surface area (Å²) >= 11 is 3.37. The van der Waals surface area contributed by atoms with Crippen LogP contribution in [0.2, 0.25) is 0 Å². The molecule has 0 aliphatic carbocycles. The molecular weight excluding hydrogens is 356 g/mol. The van der Waals surface area contributed by atoms with Crippen molar-refractivity contribution in [1.29, 1.82) is 0 Å². The molecule has 0 atom stereocenters. The number of carbonyl (C=O) groups is 1. The van der Waals surface area contributed by atoms with Crippen LogP contribution in [-0.4, -0.2) is 20.7 Å². The number of halogens is 1. The number of nitrogens with one attached hydrogen (secondary N) is 1. The number of hydrogen-bond donors (Lipinski definition) is 1. The van der Waals surface area contributed by atoms with Crippen LogP contribution >= 0.6 is 15.9 Å². The van der Waals surface area contributed by atoms with E-state index >= 15 is 0 Å².